The molecule has 2 rings (SSSR count). The molecule has 0 aliphatic heterocycles. The summed E-state index contributed by atoms with van der Waals surface area (Å²) in [6, 6.07) is 1.96. The van der Waals surface area contributed by atoms with Crippen LogP contribution in [0.3, 0.4) is 0 Å². The minimum absolute atomic E-state index is 0.671. The second-order valence-electron chi connectivity index (χ2n) is 4.01. The summed E-state index contributed by atoms with van der Waals surface area (Å²) in [5.74, 6) is 0.871. The number of hydrogen-bond acceptors (Lipinski definition) is 4. The van der Waals surface area contributed by atoms with Gasteiger partial charge in [-0.15, -0.1) is 0 Å². The Morgan fingerprint density at radius 1 is 1.39 bits per heavy atom. The van der Waals surface area contributed by atoms with Gasteiger partial charge in [0.1, 0.15) is 5.82 Å². The molecule has 0 spiro atoms. The molecule has 6 nitrogen and oxygen atoms in total. The number of ether oxygens (including phenoxy) is 1. The molecule has 2 aromatic heterocycles. The van der Waals surface area contributed by atoms with Crippen LogP contribution in [0.25, 0.3) is 0 Å². The Morgan fingerprint density at radius 3 is 3.00 bits per heavy atom. The molecule has 0 saturated carbocycles. The Bertz CT molecular complexity index is 476. The standard InChI is InChI=1S/C12H19N5O/c1-3-16-10-11(9-14-16)8-13-12-4-5-17(15-12)6-7-18-2/h4-5,9-10H,3,6-8H2,1-2H3,(H,13,15). The van der Waals surface area contributed by atoms with Crippen LogP contribution in [0.1, 0.15) is 12.5 Å². The average Bonchev–Trinajstić information content (AvgIpc) is 3.03. The molecule has 0 aliphatic rings. The number of rotatable bonds is 7. The van der Waals surface area contributed by atoms with Crippen LogP contribution in [-0.4, -0.2) is 33.3 Å². The van der Waals surface area contributed by atoms with Crippen LogP contribution in [-0.2, 0) is 24.4 Å². The highest BCUT2D eigenvalue weighted by atomic mass is 16.5. The summed E-state index contributed by atoms with van der Waals surface area (Å²) in [5.41, 5.74) is 1.16. The van der Waals surface area contributed by atoms with E-state index in [0.29, 0.717) is 6.61 Å². The molecule has 0 aliphatic carbocycles. The second kappa shape index (κ2) is 6.20. The Hall–Kier alpha value is -1.82. The van der Waals surface area contributed by atoms with Gasteiger partial charge in [-0.2, -0.15) is 10.2 Å². The minimum atomic E-state index is 0.671. The molecule has 0 saturated heterocycles. The quantitative estimate of drug-likeness (QED) is 0.805. The van der Waals surface area contributed by atoms with E-state index in [1.165, 1.54) is 0 Å². The van der Waals surface area contributed by atoms with E-state index in [2.05, 4.69) is 22.4 Å². The van der Waals surface area contributed by atoms with Gasteiger partial charge in [-0.3, -0.25) is 9.36 Å². The third-order valence-corrected chi connectivity index (χ3v) is 2.65. The molecule has 0 atom stereocenters. The molecule has 2 heterocycles. The normalized spacial score (nSPS) is 10.8. The van der Waals surface area contributed by atoms with Gasteiger partial charge < -0.3 is 10.1 Å². The number of aromatic nitrogens is 4. The van der Waals surface area contributed by atoms with Gasteiger partial charge in [0.05, 0.1) is 19.3 Å². The lowest BCUT2D eigenvalue weighted by Crippen LogP contribution is -2.06. The van der Waals surface area contributed by atoms with Gasteiger partial charge in [0.25, 0.3) is 0 Å². The first-order valence-corrected chi connectivity index (χ1v) is 6.09. The lowest BCUT2D eigenvalue weighted by atomic mass is 10.3. The summed E-state index contributed by atoms with van der Waals surface area (Å²) in [6.07, 6.45) is 5.85. The molecule has 0 bridgehead atoms. The van der Waals surface area contributed by atoms with Crippen molar-refractivity contribution >= 4 is 5.82 Å². The van der Waals surface area contributed by atoms with E-state index in [0.717, 1.165) is 31.0 Å². The van der Waals surface area contributed by atoms with Crippen LogP contribution >= 0.6 is 0 Å². The van der Waals surface area contributed by atoms with Crippen molar-refractivity contribution in [1.82, 2.24) is 19.6 Å². The zero-order valence-corrected chi connectivity index (χ0v) is 10.8. The lowest BCUT2D eigenvalue weighted by molar-refractivity contribution is 0.183. The van der Waals surface area contributed by atoms with E-state index in [4.69, 9.17) is 4.74 Å². The average molecular weight is 249 g/mol. The van der Waals surface area contributed by atoms with Crippen LogP contribution in [0.2, 0.25) is 0 Å². The van der Waals surface area contributed by atoms with Crippen molar-refractivity contribution < 1.29 is 4.74 Å². The first kappa shape index (κ1) is 12.6. The lowest BCUT2D eigenvalue weighted by Gasteiger charge is -2.01. The zero-order valence-electron chi connectivity index (χ0n) is 10.8. The number of methoxy groups -OCH3 is 1. The highest BCUT2D eigenvalue weighted by molar-refractivity contribution is 5.33. The molecule has 98 valence electrons. The van der Waals surface area contributed by atoms with Crippen molar-refractivity contribution in [2.75, 3.05) is 19.0 Å². The first-order chi connectivity index (χ1) is 8.81. The number of nitrogens with zero attached hydrogens (tertiary/aromatic N) is 4. The van der Waals surface area contributed by atoms with E-state index in [9.17, 15) is 0 Å². The largest absolute Gasteiger partial charge is 0.383 e. The summed E-state index contributed by atoms with van der Waals surface area (Å²) in [6.45, 7) is 5.14. The molecule has 18 heavy (non-hydrogen) atoms. The third-order valence-electron chi connectivity index (χ3n) is 2.65. The smallest absolute Gasteiger partial charge is 0.148 e. The second-order valence-corrected chi connectivity index (χ2v) is 4.01. The van der Waals surface area contributed by atoms with Gasteiger partial charge in [0, 0.05) is 44.2 Å². The Morgan fingerprint density at radius 2 is 2.28 bits per heavy atom. The minimum Gasteiger partial charge on any atom is -0.383 e. The highest BCUT2D eigenvalue weighted by Crippen LogP contribution is 2.06. The third kappa shape index (κ3) is 3.33. The fraction of sp³-hybridized carbons (Fsp3) is 0.500. The molecule has 2 aromatic rings. The van der Waals surface area contributed by atoms with Crippen LogP contribution < -0.4 is 5.32 Å². The van der Waals surface area contributed by atoms with Crippen molar-refractivity contribution in [1.29, 1.82) is 0 Å². The van der Waals surface area contributed by atoms with Crippen molar-refractivity contribution in [2.24, 2.45) is 0 Å². The Labute approximate surface area is 107 Å². The van der Waals surface area contributed by atoms with Gasteiger partial charge in [-0.05, 0) is 6.92 Å². The Kier molecular flexibility index (Phi) is 4.35. The number of aryl methyl sites for hydroxylation is 1. The summed E-state index contributed by atoms with van der Waals surface area (Å²) < 4.78 is 8.78. The van der Waals surface area contributed by atoms with Crippen molar-refractivity contribution in [3.05, 3.63) is 30.2 Å². The fourth-order valence-electron chi connectivity index (χ4n) is 1.63. The van der Waals surface area contributed by atoms with Crippen molar-refractivity contribution in [3.8, 4) is 0 Å². The molecule has 0 fully saturated rings. The molecular formula is C12H19N5O. The van der Waals surface area contributed by atoms with Gasteiger partial charge in [-0.25, -0.2) is 0 Å². The number of anilines is 1. The van der Waals surface area contributed by atoms with E-state index in [-0.39, 0.29) is 0 Å². The summed E-state index contributed by atoms with van der Waals surface area (Å²) in [5, 5.41) is 11.9. The molecule has 0 aromatic carbocycles. The van der Waals surface area contributed by atoms with E-state index in [1.807, 2.05) is 34.0 Å². The summed E-state index contributed by atoms with van der Waals surface area (Å²) in [4.78, 5) is 0. The maximum atomic E-state index is 5.01. The molecule has 0 unspecified atom stereocenters. The highest BCUT2D eigenvalue weighted by Gasteiger charge is 2.00. The monoisotopic (exact) mass is 249 g/mol. The van der Waals surface area contributed by atoms with Gasteiger partial charge >= 0.3 is 0 Å². The molecule has 1 N–H and O–H groups in total. The Balaban J connectivity index is 1.84. The molecule has 0 radical (unpaired) electrons. The topological polar surface area (TPSA) is 56.9 Å². The fourth-order valence-corrected chi connectivity index (χ4v) is 1.63. The van der Waals surface area contributed by atoms with Crippen LogP contribution in [0, 0.1) is 0 Å². The zero-order chi connectivity index (χ0) is 12.8. The van der Waals surface area contributed by atoms with E-state index in [1.54, 1.807) is 7.11 Å². The number of nitrogens with one attached hydrogen (secondary N) is 1. The molecule has 0 amide bonds. The van der Waals surface area contributed by atoms with Crippen LogP contribution in [0.15, 0.2) is 24.7 Å². The summed E-state index contributed by atoms with van der Waals surface area (Å²) in [7, 11) is 1.69. The van der Waals surface area contributed by atoms with Crippen LogP contribution in [0.5, 0.6) is 0 Å². The summed E-state index contributed by atoms with van der Waals surface area (Å²) >= 11 is 0. The number of hydrogen-bond donors (Lipinski definition) is 1. The van der Waals surface area contributed by atoms with Crippen molar-refractivity contribution in [3.63, 3.8) is 0 Å². The van der Waals surface area contributed by atoms with Gasteiger partial charge in [-0.1, -0.05) is 0 Å². The van der Waals surface area contributed by atoms with Gasteiger partial charge in [0.15, 0.2) is 0 Å². The predicted molar refractivity (Wildman–Crippen MR) is 69.3 cm³/mol. The van der Waals surface area contributed by atoms with Crippen LogP contribution in [0.4, 0.5) is 5.82 Å². The molecular weight excluding hydrogens is 230 g/mol. The maximum absolute atomic E-state index is 5.01. The maximum Gasteiger partial charge on any atom is 0.148 e. The van der Waals surface area contributed by atoms with E-state index >= 15 is 0 Å². The first-order valence-electron chi connectivity index (χ1n) is 6.09. The SMILES string of the molecule is CCn1cc(CNc2ccn(CCOC)n2)cn1. The van der Waals surface area contributed by atoms with Gasteiger partial charge in [0.2, 0.25) is 0 Å². The van der Waals surface area contributed by atoms with E-state index < -0.39 is 0 Å². The predicted octanol–water partition coefficient (Wildman–Crippen LogP) is 1.36. The molecule has 6 heteroatoms. The van der Waals surface area contributed by atoms with Crippen molar-refractivity contribution in [2.45, 2.75) is 26.6 Å².